The number of carbonyl (C=O) groups excluding carboxylic acids is 1. The zero-order valence-corrected chi connectivity index (χ0v) is 14.5. The van der Waals surface area contributed by atoms with E-state index in [4.69, 9.17) is 4.74 Å². The molecule has 0 N–H and O–H groups in total. The Labute approximate surface area is 145 Å². The summed E-state index contributed by atoms with van der Waals surface area (Å²) >= 11 is 0. The Hall–Kier alpha value is -1.58. The molecule has 1 amide bonds. The first-order valence-corrected chi connectivity index (χ1v) is 9.65. The Balaban J connectivity index is 1.64. The number of benzene rings is 1. The first kappa shape index (κ1) is 18.2. The summed E-state index contributed by atoms with van der Waals surface area (Å²) in [7, 11) is -3.91. The Bertz CT molecular complexity index is 743. The normalized spacial score (nSPS) is 20.6. The van der Waals surface area contributed by atoms with Crippen LogP contribution in [0.5, 0.6) is 0 Å². The third-order valence-corrected chi connectivity index (χ3v) is 6.54. The van der Waals surface area contributed by atoms with Crippen molar-refractivity contribution in [2.45, 2.75) is 17.7 Å². The van der Waals surface area contributed by atoms with Crippen LogP contribution in [0.15, 0.2) is 23.1 Å². The largest absolute Gasteiger partial charge is 0.381 e. The number of rotatable bonds is 3. The van der Waals surface area contributed by atoms with Gasteiger partial charge in [0, 0.05) is 45.3 Å². The number of hydrogen-bond acceptors (Lipinski definition) is 4. The molecule has 0 unspecified atom stereocenters. The lowest BCUT2D eigenvalue weighted by Gasteiger charge is -2.36. The molecule has 9 heteroatoms. The number of piperazine rings is 1. The van der Waals surface area contributed by atoms with Gasteiger partial charge in [0.05, 0.1) is 4.90 Å². The van der Waals surface area contributed by atoms with Crippen LogP contribution < -0.4 is 0 Å². The second-order valence-corrected chi connectivity index (χ2v) is 8.13. The number of hydrogen-bond donors (Lipinski definition) is 0. The van der Waals surface area contributed by atoms with Gasteiger partial charge >= 0.3 is 0 Å². The number of ether oxygens (including phenoxy) is 1. The van der Waals surface area contributed by atoms with Crippen LogP contribution in [0.3, 0.4) is 0 Å². The van der Waals surface area contributed by atoms with Gasteiger partial charge in [0.25, 0.3) is 0 Å². The van der Waals surface area contributed by atoms with E-state index in [1.165, 1.54) is 4.31 Å². The van der Waals surface area contributed by atoms with E-state index >= 15 is 0 Å². The number of halogens is 2. The molecule has 2 aliphatic rings. The van der Waals surface area contributed by atoms with E-state index in [0.717, 1.165) is 12.1 Å². The highest BCUT2D eigenvalue weighted by Gasteiger charge is 2.33. The molecule has 0 spiro atoms. The van der Waals surface area contributed by atoms with Gasteiger partial charge in [-0.3, -0.25) is 4.79 Å². The van der Waals surface area contributed by atoms with Gasteiger partial charge in [-0.2, -0.15) is 4.31 Å². The van der Waals surface area contributed by atoms with Crippen molar-refractivity contribution in [3.8, 4) is 0 Å². The van der Waals surface area contributed by atoms with Crippen LogP contribution in [0.25, 0.3) is 0 Å². The molecular formula is C16H20F2N2O4S. The van der Waals surface area contributed by atoms with E-state index < -0.39 is 21.7 Å². The van der Waals surface area contributed by atoms with Crippen molar-refractivity contribution >= 4 is 15.9 Å². The van der Waals surface area contributed by atoms with Gasteiger partial charge in [0.1, 0.15) is 0 Å². The van der Waals surface area contributed by atoms with E-state index in [2.05, 4.69) is 0 Å². The van der Waals surface area contributed by atoms with Crippen LogP contribution in [0, 0.1) is 17.6 Å². The average molecular weight is 374 g/mol. The van der Waals surface area contributed by atoms with Crippen molar-refractivity contribution in [2.75, 3.05) is 39.4 Å². The Morgan fingerprint density at radius 3 is 2.28 bits per heavy atom. The first-order valence-electron chi connectivity index (χ1n) is 8.21. The van der Waals surface area contributed by atoms with Crippen molar-refractivity contribution < 1.29 is 26.7 Å². The summed E-state index contributed by atoms with van der Waals surface area (Å²) in [5.74, 6) is -2.32. The van der Waals surface area contributed by atoms with Gasteiger partial charge in [-0.25, -0.2) is 17.2 Å². The summed E-state index contributed by atoms with van der Waals surface area (Å²) in [6.07, 6.45) is 1.37. The molecule has 1 aromatic carbocycles. The zero-order valence-electron chi connectivity index (χ0n) is 13.7. The maximum Gasteiger partial charge on any atom is 0.243 e. The SMILES string of the molecule is O=C(C1CCOCC1)N1CCN(S(=O)(=O)c2ccc(F)c(F)c2)CC1. The molecule has 2 saturated heterocycles. The molecule has 2 fully saturated rings. The Morgan fingerprint density at radius 2 is 1.68 bits per heavy atom. The van der Waals surface area contributed by atoms with E-state index in [1.807, 2.05) is 0 Å². The fourth-order valence-corrected chi connectivity index (χ4v) is 4.57. The molecule has 25 heavy (non-hydrogen) atoms. The monoisotopic (exact) mass is 374 g/mol. The molecule has 1 aromatic rings. The van der Waals surface area contributed by atoms with Crippen molar-refractivity contribution in [3.05, 3.63) is 29.8 Å². The fraction of sp³-hybridized carbons (Fsp3) is 0.562. The molecule has 6 nitrogen and oxygen atoms in total. The fourth-order valence-electron chi connectivity index (χ4n) is 3.14. The van der Waals surface area contributed by atoms with Crippen LogP contribution in [-0.2, 0) is 19.6 Å². The second-order valence-electron chi connectivity index (χ2n) is 6.19. The predicted octanol–water partition coefficient (Wildman–Crippen LogP) is 1.22. The predicted molar refractivity (Wildman–Crippen MR) is 85.2 cm³/mol. The molecule has 0 aromatic heterocycles. The molecule has 0 saturated carbocycles. The summed E-state index contributed by atoms with van der Waals surface area (Å²) in [5.41, 5.74) is 0. The van der Waals surface area contributed by atoms with E-state index in [1.54, 1.807) is 4.90 Å². The highest BCUT2D eigenvalue weighted by atomic mass is 32.2. The number of sulfonamides is 1. The first-order chi connectivity index (χ1) is 11.9. The number of amides is 1. The van der Waals surface area contributed by atoms with Gasteiger partial charge in [-0.15, -0.1) is 0 Å². The number of carbonyl (C=O) groups is 1. The lowest BCUT2D eigenvalue weighted by Crippen LogP contribution is -2.52. The lowest BCUT2D eigenvalue weighted by molar-refractivity contribution is -0.139. The van der Waals surface area contributed by atoms with Gasteiger partial charge < -0.3 is 9.64 Å². The van der Waals surface area contributed by atoms with Crippen LogP contribution in [0.4, 0.5) is 8.78 Å². The number of nitrogens with zero attached hydrogens (tertiary/aromatic N) is 2. The summed E-state index contributed by atoms with van der Waals surface area (Å²) in [6, 6.07) is 2.53. The van der Waals surface area contributed by atoms with Crippen LogP contribution in [0.1, 0.15) is 12.8 Å². The summed E-state index contributed by atoms with van der Waals surface area (Å²) in [5, 5.41) is 0. The van der Waals surface area contributed by atoms with Crippen LogP contribution >= 0.6 is 0 Å². The molecule has 0 atom stereocenters. The van der Waals surface area contributed by atoms with Crippen molar-refractivity contribution in [2.24, 2.45) is 5.92 Å². The standard InChI is InChI=1S/C16H20F2N2O4S/c17-14-2-1-13(11-15(14)18)25(22,23)20-7-5-19(6-8-20)16(21)12-3-9-24-10-4-12/h1-2,11-12H,3-10H2. The molecule has 138 valence electrons. The Morgan fingerprint density at radius 1 is 1.04 bits per heavy atom. The molecule has 0 aliphatic carbocycles. The maximum atomic E-state index is 13.3. The van der Waals surface area contributed by atoms with E-state index in [0.29, 0.717) is 45.2 Å². The highest BCUT2D eigenvalue weighted by Crippen LogP contribution is 2.22. The molecule has 3 rings (SSSR count). The molecule has 2 heterocycles. The van der Waals surface area contributed by atoms with Crippen LogP contribution in [-0.4, -0.2) is 62.9 Å². The molecular weight excluding hydrogens is 354 g/mol. The molecule has 2 aliphatic heterocycles. The summed E-state index contributed by atoms with van der Waals surface area (Å²) in [6.45, 7) is 1.99. The minimum atomic E-state index is -3.91. The van der Waals surface area contributed by atoms with Gasteiger partial charge in [-0.1, -0.05) is 0 Å². The van der Waals surface area contributed by atoms with Crippen molar-refractivity contribution in [3.63, 3.8) is 0 Å². The maximum absolute atomic E-state index is 13.3. The van der Waals surface area contributed by atoms with Gasteiger partial charge in [-0.05, 0) is 31.0 Å². The smallest absolute Gasteiger partial charge is 0.243 e. The van der Waals surface area contributed by atoms with Gasteiger partial charge in [0.15, 0.2) is 11.6 Å². The quantitative estimate of drug-likeness (QED) is 0.798. The van der Waals surface area contributed by atoms with Gasteiger partial charge in [0.2, 0.25) is 15.9 Å². The third-order valence-electron chi connectivity index (χ3n) is 4.65. The van der Waals surface area contributed by atoms with E-state index in [-0.39, 0.29) is 29.8 Å². The minimum Gasteiger partial charge on any atom is -0.381 e. The lowest BCUT2D eigenvalue weighted by atomic mass is 9.98. The third kappa shape index (κ3) is 3.83. The molecule has 0 bridgehead atoms. The second kappa shape index (κ2) is 7.35. The minimum absolute atomic E-state index is 0.0353. The average Bonchev–Trinajstić information content (AvgIpc) is 2.64. The van der Waals surface area contributed by atoms with E-state index in [9.17, 15) is 22.0 Å². The highest BCUT2D eigenvalue weighted by molar-refractivity contribution is 7.89. The Kier molecular flexibility index (Phi) is 5.35. The molecule has 0 radical (unpaired) electrons. The topological polar surface area (TPSA) is 66.9 Å². The summed E-state index contributed by atoms with van der Waals surface area (Å²) < 4.78 is 57.9. The van der Waals surface area contributed by atoms with Crippen molar-refractivity contribution in [1.29, 1.82) is 0 Å². The van der Waals surface area contributed by atoms with Crippen molar-refractivity contribution in [1.82, 2.24) is 9.21 Å². The zero-order chi connectivity index (χ0) is 18.0. The van der Waals surface area contributed by atoms with Crippen LogP contribution in [0.2, 0.25) is 0 Å². The summed E-state index contributed by atoms with van der Waals surface area (Å²) in [4.78, 5) is 13.9.